The van der Waals surface area contributed by atoms with Crippen molar-refractivity contribution in [3.05, 3.63) is 75.4 Å². The molecule has 138 valence electrons. The van der Waals surface area contributed by atoms with Gasteiger partial charge >= 0.3 is 0 Å². The molecule has 0 saturated heterocycles. The van der Waals surface area contributed by atoms with Gasteiger partial charge in [0, 0.05) is 22.5 Å². The lowest BCUT2D eigenvalue weighted by Crippen LogP contribution is -2.20. The van der Waals surface area contributed by atoms with E-state index in [0.717, 1.165) is 15.7 Å². The third kappa shape index (κ3) is 5.38. The first kappa shape index (κ1) is 19.5. The molecule has 0 radical (unpaired) electrons. The first-order valence-corrected chi connectivity index (χ1v) is 9.65. The van der Waals surface area contributed by atoms with Crippen molar-refractivity contribution in [1.82, 2.24) is 9.78 Å². The molecule has 0 aliphatic heterocycles. The molecule has 8 heteroatoms. The zero-order valence-corrected chi connectivity index (χ0v) is 17.5. The average molecular weight is 464 g/mol. The Balaban J connectivity index is 1.66. The number of hydrogen-bond donors (Lipinski definition) is 2. The number of nitrogens with one attached hydrogen (secondary N) is 2. The van der Waals surface area contributed by atoms with E-state index in [9.17, 15) is 4.79 Å². The predicted molar refractivity (Wildman–Crippen MR) is 117 cm³/mol. The van der Waals surface area contributed by atoms with Crippen molar-refractivity contribution >= 4 is 62.1 Å². The number of ketones is 1. The molecule has 0 bridgehead atoms. The second kappa shape index (κ2) is 8.65. The summed E-state index contributed by atoms with van der Waals surface area (Å²) in [7, 11) is 0. The van der Waals surface area contributed by atoms with E-state index in [0.29, 0.717) is 28.1 Å². The van der Waals surface area contributed by atoms with E-state index in [1.807, 2.05) is 36.5 Å². The van der Waals surface area contributed by atoms with Crippen LogP contribution in [0.2, 0.25) is 5.02 Å². The van der Waals surface area contributed by atoms with Crippen LogP contribution < -0.4 is 10.6 Å². The Labute approximate surface area is 175 Å². The molecule has 0 amide bonds. The van der Waals surface area contributed by atoms with Gasteiger partial charge in [0.25, 0.3) is 0 Å². The van der Waals surface area contributed by atoms with Gasteiger partial charge in [-0.1, -0.05) is 35.9 Å². The van der Waals surface area contributed by atoms with Crippen molar-refractivity contribution in [3.63, 3.8) is 0 Å². The van der Waals surface area contributed by atoms with E-state index in [-0.39, 0.29) is 5.78 Å². The number of thiocarbonyl (C=S) groups is 1. The first-order chi connectivity index (χ1) is 12.9. The Morgan fingerprint density at radius 3 is 2.67 bits per heavy atom. The van der Waals surface area contributed by atoms with Crippen LogP contribution in [0.3, 0.4) is 0 Å². The van der Waals surface area contributed by atoms with Gasteiger partial charge < -0.3 is 10.6 Å². The Morgan fingerprint density at radius 1 is 1.22 bits per heavy atom. The van der Waals surface area contributed by atoms with Crippen molar-refractivity contribution in [1.29, 1.82) is 0 Å². The van der Waals surface area contributed by atoms with Crippen LogP contribution in [0.4, 0.5) is 11.5 Å². The van der Waals surface area contributed by atoms with E-state index in [4.69, 9.17) is 23.8 Å². The molecule has 1 aromatic heterocycles. The predicted octanol–water partition coefficient (Wildman–Crippen LogP) is 5.36. The number of carbonyl (C=O) groups is 1. The molecule has 3 rings (SSSR count). The maximum atomic E-state index is 11.5. The molecule has 27 heavy (non-hydrogen) atoms. The minimum absolute atomic E-state index is 0.00112. The number of hydrogen-bond acceptors (Lipinski definition) is 3. The Morgan fingerprint density at radius 2 is 1.96 bits per heavy atom. The summed E-state index contributed by atoms with van der Waals surface area (Å²) in [5.74, 6) is 0.602. The van der Waals surface area contributed by atoms with Gasteiger partial charge in [-0.25, -0.2) is 0 Å². The van der Waals surface area contributed by atoms with Crippen LogP contribution in [0.5, 0.6) is 0 Å². The van der Waals surface area contributed by atoms with Crippen LogP contribution in [-0.4, -0.2) is 20.7 Å². The maximum Gasteiger partial charge on any atom is 0.176 e. The van der Waals surface area contributed by atoms with Crippen molar-refractivity contribution in [3.8, 4) is 0 Å². The molecular weight excluding hydrogens is 448 g/mol. The quantitative estimate of drug-likeness (QED) is 0.394. The molecule has 0 spiro atoms. The van der Waals surface area contributed by atoms with E-state index in [2.05, 4.69) is 31.7 Å². The molecule has 0 atom stereocenters. The zero-order chi connectivity index (χ0) is 19.4. The van der Waals surface area contributed by atoms with E-state index in [1.54, 1.807) is 22.9 Å². The first-order valence-electron chi connectivity index (χ1n) is 8.07. The topological polar surface area (TPSA) is 59.0 Å². The van der Waals surface area contributed by atoms with Gasteiger partial charge in [0.05, 0.1) is 11.0 Å². The van der Waals surface area contributed by atoms with E-state index >= 15 is 0 Å². The van der Waals surface area contributed by atoms with Gasteiger partial charge in [0.15, 0.2) is 16.7 Å². The maximum absolute atomic E-state index is 11.5. The number of carbonyl (C=O) groups excluding carboxylic acids is 1. The van der Waals surface area contributed by atoms with E-state index < -0.39 is 0 Å². The van der Waals surface area contributed by atoms with Crippen LogP contribution in [0.25, 0.3) is 0 Å². The lowest BCUT2D eigenvalue weighted by Gasteiger charge is -2.10. The largest absolute Gasteiger partial charge is 0.332 e. The number of rotatable bonds is 5. The van der Waals surface area contributed by atoms with Crippen LogP contribution >= 0.6 is 39.7 Å². The highest BCUT2D eigenvalue weighted by Gasteiger charge is 2.09. The van der Waals surface area contributed by atoms with Gasteiger partial charge in [-0.2, -0.15) is 5.10 Å². The average Bonchev–Trinajstić information content (AvgIpc) is 2.96. The summed E-state index contributed by atoms with van der Waals surface area (Å²) >= 11 is 14.8. The fraction of sp³-hybridized carbons (Fsp3) is 0.105. The molecule has 2 N–H and O–H groups in total. The SMILES string of the molecule is CC(=O)c1cccc(NC(=S)Nc2nn(Cc3ccc(Cl)cc3)cc2Br)c1. The molecule has 0 aliphatic rings. The van der Waals surface area contributed by atoms with Crippen molar-refractivity contribution in [2.24, 2.45) is 0 Å². The summed E-state index contributed by atoms with van der Waals surface area (Å²) in [5, 5.41) is 11.7. The van der Waals surface area contributed by atoms with Gasteiger partial charge in [0.1, 0.15) is 0 Å². The van der Waals surface area contributed by atoms with Gasteiger partial charge in [-0.05, 0) is 64.9 Å². The number of anilines is 2. The Kier molecular flexibility index (Phi) is 6.26. The van der Waals surface area contributed by atoms with Gasteiger partial charge in [-0.15, -0.1) is 0 Å². The highest BCUT2D eigenvalue weighted by Crippen LogP contribution is 2.22. The molecule has 2 aromatic carbocycles. The summed E-state index contributed by atoms with van der Waals surface area (Å²) in [4.78, 5) is 11.5. The summed E-state index contributed by atoms with van der Waals surface area (Å²) in [5.41, 5.74) is 2.44. The summed E-state index contributed by atoms with van der Waals surface area (Å²) < 4.78 is 2.59. The molecule has 1 heterocycles. The minimum atomic E-state index is 0.00112. The number of Topliss-reactive ketones (excluding diaryl/α,β-unsaturated/α-hetero) is 1. The lowest BCUT2D eigenvalue weighted by atomic mass is 10.1. The molecular formula is C19H16BrClN4OS. The fourth-order valence-electron chi connectivity index (χ4n) is 2.43. The molecule has 0 fully saturated rings. The third-order valence-electron chi connectivity index (χ3n) is 3.73. The Hall–Kier alpha value is -2.22. The van der Waals surface area contributed by atoms with Crippen molar-refractivity contribution in [2.45, 2.75) is 13.5 Å². The normalized spacial score (nSPS) is 10.5. The van der Waals surface area contributed by atoms with Gasteiger partial charge in [-0.3, -0.25) is 9.48 Å². The number of benzene rings is 2. The fourth-order valence-corrected chi connectivity index (χ4v) is 3.18. The van der Waals surface area contributed by atoms with Crippen LogP contribution in [0, 0.1) is 0 Å². The second-order valence-electron chi connectivity index (χ2n) is 5.87. The minimum Gasteiger partial charge on any atom is -0.332 e. The second-order valence-corrected chi connectivity index (χ2v) is 7.56. The third-order valence-corrected chi connectivity index (χ3v) is 4.77. The molecule has 0 saturated carbocycles. The molecule has 5 nitrogen and oxygen atoms in total. The Bertz CT molecular complexity index is 988. The highest BCUT2D eigenvalue weighted by atomic mass is 79.9. The van der Waals surface area contributed by atoms with Crippen LogP contribution in [0.15, 0.2) is 59.2 Å². The smallest absolute Gasteiger partial charge is 0.176 e. The summed E-state index contributed by atoms with van der Waals surface area (Å²) in [6, 6.07) is 14.8. The molecule has 0 unspecified atom stereocenters. The highest BCUT2D eigenvalue weighted by molar-refractivity contribution is 9.10. The van der Waals surface area contributed by atoms with Crippen molar-refractivity contribution in [2.75, 3.05) is 10.6 Å². The summed E-state index contributed by atoms with van der Waals surface area (Å²) in [6.45, 7) is 2.14. The van der Waals surface area contributed by atoms with Crippen molar-refractivity contribution < 1.29 is 4.79 Å². The standard InChI is InChI=1S/C19H16BrClN4OS/c1-12(26)14-3-2-4-16(9-14)22-19(27)23-18-17(20)11-25(24-18)10-13-5-7-15(21)8-6-13/h2-9,11H,10H2,1H3,(H2,22,23,24,27). The van der Waals surface area contributed by atoms with Crippen LogP contribution in [0.1, 0.15) is 22.8 Å². The molecule has 0 aliphatic carbocycles. The molecule has 3 aromatic rings. The zero-order valence-electron chi connectivity index (χ0n) is 14.4. The number of aromatic nitrogens is 2. The monoisotopic (exact) mass is 462 g/mol. The van der Waals surface area contributed by atoms with Crippen LogP contribution in [-0.2, 0) is 6.54 Å². The van der Waals surface area contributed by atoms with Gasteiger partial charge in [0.2, 0.25) is 0 Å². The number of halogens is 2. The lowest BCUT2D eigenvalue weighted by molar-refractivity contribution is 0.101. The van der Waals surface area contributed by atoms with E-state index in [1.165, 1.54) is 6.92 Å². The number of nitrogens with zero attached hydrogens (tertiary/aromatic N) is 2. The summed E-state index contributed by atoms with van der Waals surface area (Å²) in [6.07, 6.45) is 1.87.